The Labute approximate surface area is 350 Å². The van der Waals surface area contributed by atoms with E-state index in [9.17, 15) is 0 Å². The SMILES string of the molecule is c1ccc(N(c2ccccc2)c2ccc3cc(-c4c5ccccc5c(-c5ccc6ccc(N(c7ccccc7)c7ccccc7)cc6c5)c5ccccc45)ccc3c2)cc1. The third kappa shape index (κ3) is 6.32. The maximum absolute atomic E-state index is 2.38. The summed E-state index contributed by atoms with van der Waals surface area (Å²) in [5, 5.41) is 9.80. The second kappa shape index (κ2) is 15.1. The second-order valence-electron chi connectivity index (χ2n) is 15.3. The molecular formula is C58H40N2. The zero-order valence-electron chi connectivity index (χ0n) is 33.0. The van der Waals surface area contributed by atoms with E-state index in [1.165, 1.54) is 65.3 Å². The molecule has 0 saturated heterocycles. The summed E-state index contributed by atoms with van der Waals surface area (Å²) in [6.07, 6.45) is 0. The van der Waals surface area contributed by atoms with Crippen LogP contribution in [0, 0.1) is 0 Å². The molecule has 60 heavy (non-hydrogen) atoms. The predicted octanol–water partition coefficient (Wildman–Crippen LogP) is 16.6. The van der Waals surface area contributed by atoms with Crippen LogP contribution in [0.5, 0.6) is 0 Å². The van der Waals surface area contributed by atoms with Gasteiger partial charge in [0.15, 0.2) is 0 Å². The van der Waals surface area contributed by atoms with Crippen LogP contribution in [0.25, 0.3) is 65.3 Å². The Morgan fingerprint density at radius 1 is 0.200 bits per heavy atom. The Balaban J connectivity index is 1.04. The highest BCUT2D eigenvalue weighted by Gasteiger charge is 2.19. The van der Waals surface area contributed by atoms with Crippen LogP contribution in [-0.2, 0) is 0 Å². The van der Waals surface area contributed by atoms with Crippen molar-refractivity contribution in [1.29, 1.82) is 0 Å². The van der Waals surface area contributed by atoms with Gasteiger partial charge in [-0.1, -0.05) is 158 Å². The molecule has 0 amide bonds. The average molecular weight is 765 g/mol. The second-order valence-corrected chi connectivity index (χ2v) is 15.3. The number of hydrogen-bond donors (Lipinski definition) is 0. The maximum atomic E-state index is 2.38. The maximum Gasteiger partial charge on any atom is 0.0468 e. The molecule has 11 rings (SSSR count). The van der Waals surface area contributed by atoms with Gasteiger partial charge in [-0.15, -0.1) is 0 Å². The lowest BCUT2D eigenvalue weighted by molar-refractivity contribution is 1.29. The number of anilines is 6. The first-order valence-corrected chi connectivity index (χ1v) is 20.6. The minimum absolute atomic E-state index is 1.12. The first kappa shape index (κ1) is 35.2. The Morgan fingerprint density at radius 2 is 0.500 bits per heavy atom. The van der Waals surface area contributed by atoms with Gasteiger partial charge in [-0.2, -0.15) is 0 Å². The fraction of sp³-hybridized carbons (Fsp3) is 0. The Hall–Kier alpha value is -7.94. The van der Waals surface area contributed by atoms with Crippen LogP contribution < -0.4 is 9.80 Å². The lowest BCUT2D eigenvalue weighted by atomic mass is 9.85. The van der Waals surface area contributed by atoms with Gasteiger partial charge in [0, 0.05) is 34.1 Å². The largest absolute Gasteiger partial charge is 0.310 e. The van der Waals surface area contributed by atoms with E-state index in [1.807, 2.05) is 0 Å². The van der Waals surface area contributed by atoms with Crippen LogP contribution in [0.3, 0.4) is 0 Å². The summed E-state index contributed by atoms with van der Waals surface area (Å²) in [5.41, 5.74) is 11.7. The highest BCUT2D eigenvalue weighted by atomic mass is 15.1. The molecule has 0 aliphatic rings. The van der Waals surface area contributed by atoms with Crippen molar-refractivity contribution >= 4 is 77.2 Å². The van der Waals surface area contributed by atoms with Crippen LogP contribution in [0.2, 0.25) is 0 Å². The van der Waals surface area contributed by atoms with Gasteiger partial charge in [-0.25, -0.2) is 0 Å². The van der Waals surface area contributed by atoms with Crippen LogP contribution in [-0.4, -0.2) is 0 Å². The van der Waals surface area contributed by atoms with Crippen LogP contribution in [0.15, 0.2) is 243 Å². The van der Waals surface area contributed by atoms with Crippen molar-refractivity contribution in [3.63, 3.8) is 0 Å². The molecule has 0 spiro atoms. The molecule has 0 fully saturated rings. The van der Waals surface area contributed by atoms with Gasteiger partial charge in [0.25, 0.3) is 0 Å². The van der Waals surface area contributed by atoms with E-state index < -0.39 is 0 Å². The molecule has 2 nitrogen and oxygen atoms in total. The number of rotatable bonds is 8. The van der Waals surface area contributed by atoms with E-state index in [0.717, 1.165) is 34.1 Å². The molecule has 0 aliphatic carbocycles. The quantitative estimate of drug-likeness (QED) is 0.142. The summed E-state index contributed by atoms with van der Waals surface area (Å²) in [5.74, 6) is 0. The Kier molecular flexibility index (Phi) is 8.87. The van der Waals surface area contributed by atoms with Gasteiger partial charge >= 0.3 is 0 Å². The van der Waals surface area contributed by atoms with Gasteiger partial charge in [0.1, 0.15) is 0 Å². The van der Waals surface area contributed by atoms with E-state index in [2.05, 4.69) is 252 Å². The Bertz CT molecular complexity index is 3170. The van der Waals surface area contributed by atoms with Crippen molar-refractivity contribution < 1.29 is 0 Å². The number of hydrogen-bond acceptors (Lipinski definition) is 2. The summed E-state index contributed by atoms with van der Waals surface area (Å²) in [4.78, 5) is 4.65. The molecule has 0 saturated carbocycles. The van der Waals surface area contributed by atoms with Crippen molar-refractivity contribution in [3.8, 4) is 22.3 Å². The molecule has 0 aromatic heterocycles. The molecule has 0 radical (unpaired) electrons. The number of fused-ring (bicyclic) bond motifs is 4. The van der Waals surface area contributed by atoms with Gasteiger partial charge < -0.3 is 9.80 Å². The van der Waals surface area contributed by atoms with E-state index in [4.69, 9.17) is 0 Å². The van der Waals surface area contributed by atoms with Gasteiger partial charge in [-0.3, -0.25) is 0 Å². The summed E-state index contributed by atoms with van der Waals surface area (Å²) >= 11 is 0. The summed E-state index contributed by atoms with van der Waals surface area (Å²) < 4.78 is 0. The standard InChI is InChI=1S/C58H40N2/c1-5-17-47(18-6-1)59(48-19-7-2-8-20-48)51-36-34-42-37-44(32-30-43(42)39-51)57-53-25-13-15-27-55(53)58(56-28-16-14-26-54(56)57)45-31-29-41-33-35-52(40-46(41)38-45)60(49-21-9-3-10-22-49)50-23-11-4-12-24-50/h1-40H. The van der Waals surface area contributed by atoms with E-state index in [-0.39, 0.29) is 0 Å². The summed E-state index contributed by atoms with van der Waals surface area (Å²) in [6.45, 7) is 0. The van der Waals surface area contributed by atoms with E-state index in [0.29, 0.717) is 0 Å². The van der Waals surface area contributed by atoms with Crippen LogP contribution >= 0.6 is 0 Å². The summed E-state index contributed by atoms with van der Waals surface area (Å²) in [7, 11) is 0. The molecule has 2 heteroatoms. The molecular weight excluding hydrogens is 725 g/mol. The van der Waals surface area contributed by atoms with Crippen molar-refractivity contribution in [2.24, 2.45) is 0 Å². The third-order valence-corrected chi connectivity index (χ3v) is 11.7. The minimum Gasteiger partial charge on any atom is -0.310 e. The molecule has 11 aromatic carbocycles. The zero-order chi connectivity index (χ0) is 39.8. The number of benzene rings is 11. The topological polar surface area (TPSA) is 6.48 Å². The predicted molar refractivity (Wildman–Crippen MR) is 257 cm³/mol. The van der Waals surface area contributed by atoms with Crippen molar-refractivity contribution in [3.05, 3.63) is 243 Å². The normalized spacial score (nSPS) is 11.3. The van der Waals surface area contributed by atoms with Crippen molar-refractivity contribution in [2.45, 2.75) is 0 Å². The fourth-order valence-electron chi connectivity index (χ4n) is 9.01. The van der Waals surface area contributed by atoms with Gasteiger partial charge in [-0.05, 0) is 150 Å². The highest BCUT2D eigenvalue weighted by Crippen LogP contribution is 2.46. The molecule has 0 heterocycles. The average Bonchev–Trinajstić information content (AvgIpc) is 3.32. The smallest absolute Gasteiger partial charge is 0.0468 e. The first-order valence-electron chi connectivity index (χ1n) is 20.6. The third-order valence-electron chi connectivity index (χ3n) is 11.7. The Morgan fingerprint density at radius 3 is 0.917 bits per heavy atom. The monoisotopic (exact) mass is 764 g/mol. The van der Waals surface area contributed by atoms with Gasteiger partial charge in [0.05, 0.1) is 0 Å². The summed E-state index contributed by atoms with van der Waals surface area (Å²) in [6, 6.07) is 87.8. The van der Waals surface area contributed by atoms with Crippen LogP contribution in [0.4, 0.5) is 34.1 Å². The van der Waals surface area contributed by atoms with E-state index in [1.54, 1.807) is 0 Å². The molecule has 0 unspecified atom stereocenters. The molecule has 0 bridgehead atoms. The molecule has 0 N–H and O–H groups in total. The van der Waals surface area contributed by atoms with E-state index >= 15 is 0 Å². The highest BCUT2D eigenvalue weighted by molar-refractivity contribution is 6.22. The first-order chi connectivity index (χ1) is 29.8. The molecule has 0 aliphatic heterocycles. The van der Waals surface area contributed by atoms with Gasteiger partial charge in [0.2, 0.25) is 0 Å². The lowest BCUT2D eigenvalue weighted by Gasteiger charge is -2.26. The fourth-order valence-corrected chi connectivity index (χ4v) is 9.01. The molecule has 282 valence electrons. The van der Waals surface area contributed by atoms with Crippen LogP contribution in [0.1, 0.15) is 0 Å². The lowest BCUT2D eigenvalue weighted by Crippen LogP contribution is -2.09. The molecule has 11 aromatic rings. The number of nitrogens with zero attached hydrogens (tertiary/aromatic N) is 2. The minimum atomic E-state index is 1.12. The molecule has 0 atom stereocenters. The van der Waals surface area contributed by atoms with Crippen molar-refractivity contribution in [1.82, 2.24) is 0 Å². The van der Waals surface area contributed by atoms with Crippen molar-refractivity contribution in [2.75, 3.05) is 9.80 Å². The zero-order valence-corrected chi connectivity index (χ0v) is 33.0. The number of para-hydroxylation sites is 4.